The van der Waals surface area contributed by atoms with Gasteiger partial charge < -0.3 is 10.0 Å². The molecule has 35 heavy (non-hydrogen) atoms. The van der Waals surface area contributed by atoms with Crippen LogP contribution in [0.2, 0.25) is 5.02 Å². The molecule has 2 fully saturated rings. The molecule has 1 aromatic carbocycles. The smallest absolute Gasteiger partial charge is 0.308 e. The van der Waals surface area contributed by atoms with Crippen molar-refractivity contribution in [1.29, 1.82) is 0 Å². The molecule has 0 bridgehead atoms. The summed E-state index contributed by atoms with van der Waals surface area (Å²) in [4.78, 5) is 22.1. The van der Waals surface area contributed by atoms with Crippen molar-refractivity contribution < 1.29 is 18.3 Å². The van der Waals surface area contributed by atoms with Crippen LogP contribution in [0.3, 0.4) is 0 Å². The number of carbonyl (C=O) groups is 1. The second-order valence-electron chi connectivity index (χ2n) is 8.95. The molecule has 0 amide bonds. The normalized spacial score (nSPS) is 18.3. The minimum absolute atomic E-state index is 0.145. The molecular weight excluding hydrogens is 488 g/mol. The van der Waals surface area contributed by atoms with E-state index < -0.39 is 21.9 Å². The number of anilines is 2. The summed E-state index contributed by atoms with van der Waals surface area (Å²) in [6.07, 6.45) is 3.54. The third-order valence-corrected chi connectivity index (χ3v) is 7.96. The number of benzene rings is 1. The van der Waals surface area contributed by atoms with Crippen LogP contribution in [0.15, 0.2) is 59.6 Å². The summed E-state index contributed by atoms with van der Waals surface area (Å²) in [5.41, 5.74) is 2.60. The van der Waals surface area contributed by atoms with E-state index in [2.05, 4.69) is 20.8 Å². The molecule has 10 heteroatoms. The molecule has 1 aliphatic heterocycles. The highest BCUT2D eigenvalue weighted by Gasteiger charge is 2.28. The second kappa shape index (κ2) is 9.47. The number of pyridine rings is 2. The average Bonchev–Trinajstić information content (AvgIpc) is 3.71. The van der Waals surface area contributed by atoms with E-state index in [9.17, 15) is 18.3 Å². The maximum absolute atomic E-state index is 13.2. The largest absolute Gasteiger partial charge is 0.481 e. The molecule has 8 nitrogen and oxygen atoms in total. The number of aromatic nitrogens is 2. The molecule has 2 N–H and O–H groups in total. The average molecular weight is 513 g/mol. The van der Waals surface area contributed by atoms with Crippen LogP contribution < -0.4 is 9.62 Å². The first kappa shape index (κ1) is 23.6. The maximum Gasteiger partial charge on any atom is 0.308 e. The summed E-state index contributed by atoms with van der Waals surface area (Å²) >= 11 is 6.46. The summed E-state index contributed by atoms with van der Waals surface area (Å²) in [6.45, 7) is 0.915. The Hall–Kier alpha value is -3.17. The summed E-state index contributed by atoms with van der Waals surface area (Å²) in [7, 11) is -4.04. The summed E-state index contributed by atoms with van der Waals surface area (Å²) < 4.78 is 28.9. The first-order valence-corrected chi connectivity index (χ1v) is 13.4. The van der Waals surface area contributed by atoms with Gasteiger partial charge in [0.05, 0.1) is 16.6 Å². The van der Waals surface area contributed by atoms with Gasteiger partial charge in [0, 0.05) is 18.7 Å². The van der Waals surface area contributed by atoms with E-state index in [1.165, 1.54) is 12.1 Å². The molecule has 2 aliphatic rings. The lowest BCUT2D eigenvalue weighted by molar-refractivity contribution is -0.141. The summed E-state index contributed by atoms with van der Waals surface area (Å²) in [6, 6.07) is 15.8. The summed E-state index contributed by atoms with van der Waals surface area (Å²) in [5, 5.41) is 9.64. The van der Waals surface area contributed by atoms with Crippen molar-refractivity contribution in [1.82, 2.24) is 9.97 Å². The van der Waals surface area contributed by atoms with Crippen LogP contribution in [0.1, 0.15) is 37.2 Å². The van der Waals surface area contributed by atoms with Crippen LogP contribution in [0.25, 0.3) is 11.3 Å². The van der Waals surface area contributed by atoms with Gasteiger partial charge in [-0.05, 0) is 61.4 Å². The molecule has 1 aliphatic carbocycles. The highest BCUT2D eigenvalue weighted by atomic mass is 35.5. The van der Waals surface area contributed by atoms with Gasteiger partial charge in [0.1, 0.15) is 11.6 Å². The minimum atomic E-state index is -4.04. The molecule has 1 unspecified atom stereocenters. The molecule has 0 spiro atoms. The lowest BCUT2D eigenvalue weighted by Gasteiger charge is -2.31. The molecular formula is C25H25ClN4O4S. The Morgan fingerprint density at radius 1 is 1.03 bits per heavy atom. The van der Waals surface area contributed by atoms with Crippen LogP contribution >= 0.6 is 11.6 Å². The third kappa shape index (κ3) is 5.11. The topological polar surface area (TPSA) is 112 Å². The Morgan fingerprint density at radius 2 is 1.83 bits per heavy atom. The Kier molecular flexibility index (Phi) is 6.37. The van der Waals surface area contributed by atoms with Gasteiger partial charge in [-0.2, -0.15) is 8.42 Å². The highest BCUT2D eigenvalue weighted by molar-refractivity contribution is 7.92. The first-order valence-electron chi connectivity index (χ1n) is 11.6. The van der Waals surface area contributed by atoms with E-state index in [0.717, 1.165) is 24.0 Å². The first-order chi connectivity index (χ1) is 16.8. The Morgan fingerprint density at radius 3 is 2.60 bits per heavy atom. The van der Waals surface area contributed by atoms with Crippen molar-refractivity contribution >= 4 is 39.2 Å². The Labute approximate surface area is 209 Å². The Balaban J connectivity index is 1.41. The van der Waals surface area contributed by atoms with E-state index in [-0.39, 0.29) is 10.8 Å². The fraction of sp³-hybridized carbons (Fsp3) is 0.320. The molecule has 0 radical (unpaired) electrons. The predicted octanol–water partition coefficient (Wildman–Crippen LogP) is 4.78. The van der Waals surface area contributed by atoms with Gasteiger partial charge in [0.15, 0.2) is 5.03 Å². The van der Waals surface area contributed by atoms with Crippen molar-refractivity contribution in [3.8, 4) is 11.3 Å². The molecule has 1 saturated heterocycles. The predicted molar refractivity (Wildman–Crippen MR) is 134 cm³/mol. The standard InChI is InChI=1S/C25H25ClN4O4S/c26-20-12-13-21(27-24(20)19-7-2-1-6-18(19)16-10-11-16)29-35(33,34)23-9-3-8-22(28-23)30-14-4-5-17(15-30)25(31)32/h1-3,6-9,12-13,16-17H,4-5,10-11,14-15H2,(H,27,29)(H,31,32). The molecule has 182 valence electrons. The lowest BCUT2D eigenvalue weighted by Crippen LogP contribution is -2.39. The quantitative estimate of drug-likeness (QED) is 0.468. The van der Waals surface area contributed by atoms with E-state index >= 15 is 0 Å². The van der Waals surface area contributed by atoms with Gasteiger partial charge in [0.25, 0.3) is 10.0 Å². The van der Waals surface area contributed by atoms with Crippen molar-refractivity contribution in [2.75, 3.05) is 22.7 Å². The van der Waals surface area contributed by atoms with Crippen molar-refractivity contribution in [2.24, 2.45) is 5.92 Å². The molecule has 2 aromatic heterocycles. The number of aliphatic carboxylic acids is 1. The number of carboxylic acid groups (broad SMARTS) is 1. The van der Waals surface area contributed by atoms with E-state index in [1.54, 1.807) is 18.2 Å². The van der Waals surface area contributed by atoms with Gasteiger partial charge >= 0.3 is 5.97 Å². The Bertz CT molecular complexity index is 1380. The van der Waals surface area contributed by atoms with E-state index in [1.807, 2.05) is 23.1 Å². The number of rotatable bonds is 7. The monoisotopic (exact) mass is 512 g/mol. The van der Waals surface area contributed by atoms with Crippen LogP contribution in [0.5, 0.6) is 0 Å². The van der Waals surface area contributed by atoms with Gasteiger partial charge in [-0.3, -0.25) is 9.52 Å². The van der Waals surface area contributed by atoms with Crippen LogP contribution in [0, 0.1) is 5.92 Å². The third-order valence-electron chi connectivity index (χ3n) is 6.40. The van der Waals surface area contributed by atoms with Crippen LogP contribution in [0.4, 0.5) is 11.6 Å². The molecule has 1 atom stereocenters. The van der Waals surface area contributed by atoms with Crippen LogP contribution in [-0.4, -0.2) is 42.6 Å². The molecule has 1 saturated carbocycles. The van der Waals surface area contributed by atoms with Crippen molar-refractivity contribution in [2.45, 2.75) is 36.6 Å². The SMILES string of the molecule is O=C(O)C1CCCN(c2cccc(S(=O)(=O)Nc3ccc(Cl)c(-c4ccccc4C4CC4)n3)n2)C1. The minimum Gasteiger partial charge on any atom is -0.481 e. The van der Waals surface area contributed by atoms with Gasteiger partial charge in [-0.15, -0.1) is 0 Å². The van der Waals surface area contributed by atoms with Gasteiger partial charge in [-0.25, -0.2) is 9.97 Å². The van der Waals surface area contributed by atoms with Gasteiger partial charge in [0.2, 0.25) is 0 Å². The number of carboxylic acids is 1. The molecule has 5 rings (SSSR count). The van der Waals surface area contributed by atoms with Crippen molar-refractivity contribution in [3.63, 3.8) is 0 Å². The lowest BCUT2D eigenvalue weighted by atomic mass is 9.98. The van der Waals surface area contributed by atoms with Crippen LogP contribution in [-0.2, 0) is 14.8 Å². The maximum atomic E-state index is 13.2. The number of nitrogens with one attached hydrogen (secondary N) is 1. The number of hydrogen-bond acceptors (Lipinski definition) is 6. The fourth-order valence-electron chi connectivity index (χ4n) is 4.46. The zero-order valence-corrected chi connectivity index (χ0v) is 20.5. The van der Waals surface area contributed by atoms with Gasteiger partial charge in [-0.1, -0.05) is 41.9 Å². The number of halogens is 1. The van der Waals surface area contributed by atoms with Crippen molar-refractivity contribution in [3.05, 3.63) is 65.2 Å². The number of piperidine rings is 1. The zero-order valence-electron chi connectivity index (χ0n) is 18.9. The number of hydrogen-bond donors (Lipinski definition) is 2. The summed E-state index contributed by atoms with van der Waals surface area (Å²) in [5.74, 6) is -0.299. The fourth-order valence-corrected chi connectivity index (χ4v) is 5.63. The molecule has 3 heterocycles. The number of sulfonamides is 1. The molecule has 3 aromatic rings. The highest BCUT2D eigenvalue weighted by Crippen LogP contribution is 2.45. The second-order valence-corrected chi connectivity index (χ2v) is 11.0. The van der Waals surface area contributed by atoms with E-state index in [0.29, 0.717) is 48.4 Å². The van der Waals surface area contributed by atoms with E-state index in [4.69, 9.17) is 11.6 Å². The number of nitrogens with zero attached hydrogens (tertiary/aromatic N) is 3. The zero-order chi connectivity index (χ0) is 24.6.